The highest BCUT2D eigenvalue weighted by Crippen LogP contribution is 2.03. The summed E-state index contributed by atoms with van der Waals surface area (Å²) >= 11 is 0. The predicted molar refractivity (Wildman–Crippen MR) is 105 cm³/mol. The van der Waals surface area contributed by atoms with Gasteiger partial charge in [0.1, 0.15) is 5.69 Å². The number of rotatable bonds is 17. The minimum atomic E-state index is 0.0675. The molecule has 0 spiro atoms. The SMILES string of the molecule is CC(C)CC(=O)NCCOCCOCCOCCOCc1cn(C(C)C)nn1. The first-order valence-electron chi connectivity index (χ1n) is 9.97. The van der Waals surface area contributed by atoms with Gasteiger partial charge in [-0.25, -0.2) is 4.68 Å². The normalized spacial score (nSPS) is 11.5. The fourth-order valence-corrected chi connectivity index (χ4v) is 2.17. The lowest BCUT2D eigenvalue weighted by Crippen LogP contribution is -2.28. The molecule has 162 valence electrons. The lowest BCUT2D eigenvalue weighted by molar-refractivity contribution is -0.122. The molecule has 1 rings (SSSR count). The highest BCUT2D eigenvalue weighted by molar-refractivity contribution is 5.75. The maximum absolute atomic E-state index is 11.4. The number of amides is 1. The Morgan fingerprint density at radius 1 is 0.964 bits per heavy atom. The summed E-state index contributed by atoms with van der Waals surface area (Å²) in [6, 6.07) is 0.297. The molecule has 0 atom stereocenters. The summed E-state index contributed by atoms with van der Waals surface area (Å²) in [7, 11) is 0. The van der Waals surface area contributed by atoms with Gasteiger partial charge in [-0.15, -0.1) is 5.10 Å². The van der Waals surface area contributed by atoms with Crippen LogP contribution in [-0.2, 0) is 30.3 Å². The molecular formula is C19H36N4O5. The third-order valence-corrected chi connectivity index (χ3v) is 3.62. The van der Waals surface area contributed by atoms with Gasteiger partial charge in [-0.3, -0.25) is 4.79 Å². The van der Waals surface area contributed by atoms with E-state index in [9.17, 15) is 4.79 Å². The third kappa shape index (κ3) is 12.8. The first-order chi connectivity index (χ1) is 13.5. The Hall–Kier alpha value is -1.55. The van der Waals surface area contributed by atoms with E-state index in [2.05, 4.69) is 29.5 Å². The van der Waals surface area contributed by atoms with Gasteiger partial charge < -0.3 is 24.3 Å². The van der Waals surface area contributed by atoms with E-state index in [1.807, 2.05) is 20.0 Å². The molecule has 9 nitrogen and oxygen atoms in total. The number of nitrogens with one attached hydrogen (secondary N) is 1. The van der Waals surface area contributed by atoms with Gasteiger partial charge in [-0.05, 0) is 19.8 Å². The quantitative estimate of drug-likeness (QED) is 0.397. The zero-order valence-electron chi connectivity index (χ0n) is 17.7. The summed E-state index contributed by atoms with van der Waals surface area (Å²) in [5.41, 5.74) is 0.816. The van der Waals surface area contributed by atoms with E-state index >= 15 is 0 Å². The minimum absolute atomic E-state index is 0.0675. The van der Waals surface area contributed by atoms with E-state index in [1.54, 1.807) is 4.68 Å². The van der Waals surface area contributed by atoms with Crippen molar-refractivity contribution in [3.8, 4) is 0 Å². The number of nitrogens with zero attached hydrogens (tertiary/aromatic N) is 3. The first kappa shape index (κ1) is 24.5. The van der Waals surface area contributed by atoms with E-state index in [-0.39, 0.29) is 5.91 Å². The molecular weight excluding hydrogens is 364 g/mol. The second-order valence-corrected chi connectivity index (χ2v) is 7.12. The maximum atomic E-state index is 11.4. The molecule has 1 heterocycles. The summed E-state index contributed by atoms with van der Waals surface area (Å²) in [5.74, 6) is 0.438. The monoisotopic (exact) mass is 400 g/mol. The zero-order chi connectivity index (χ0) is 20.6. The van der Waals surface area contributed by atoms with Gasteiger partial charge in [0.05, 0.1) is 59.1 Å². The van der Waals surface area contributed by atoms with E-state index < -0.39 is 0 Å². The zero-order valence-corrected chi connectivity index (χ0v) is 17.7. The Kier molecular flexibility index (Phi) is 13.5. The van der Waals surface area contributed by atoms with Crippen molar-refractivity contribution < 1.29 is 23.7 Å². The molecule has 0 aliphatic carbocycles. The summed E-state index contributed by atoms with van der Waals surface area (Å²) < 4.78 is 23.6. The van der Waals surface area contributed by atoms with Crippen LogP contribution in [0.25, 0.3) is 0 Å². The fraction of sp³-hybridized carbons (Fsp3) is 0.842. The van der Waals surface area contributed by atoms with E-state index in [0.29, 0.717) is 77.8 Å². The van der Waals surface area contributed by atoms with Crippen molar-refractivity contribution in [1.29, 1.82) is 0 Å². The van der Waals surface area contributed by atoms with Crippen LogP contribution >= 0.6 is 0 Å². The molecule has 1 N–H and O–H groups in total. The van der Waals surface area contributed by atoms with Gasteiger partial charge in [0, 0.05) is 19.0 Å². The summed E-state index contributed by atoms with van der Waals surface area (Å²) in [6.45, 7) is 12.6. The van der Waals surface area contributed by atoms with Crippen molar-refractivity contribution in [3.63, 3.8) is 0 Å². The lowest BCUT2D eigenvalue weighted by atomic mass is 10.1. The molecule has 1 aromatic rings. The van der Waals surface area contributed by atoms with Crippen LogP contribution in [0.2, 0.25) is 0 Å². The van der Waals surface area contributed by atoms with Crippen molar-refractivity contribution in [3.05, 3.63) is 11.9 Å². The Balaban J connectivity index is 1.80. The topological polar surface area (TPSA) is 96.7 Å². The molecule has 0 aliphatic heterocycles. The Bertz CT molecular complexity index is 522. The minimum Gasteiger partial charge on any atom is -0.377 e. The smallest absolute Gasteiger partial charge is 0.220 e. The highest BCUT2D eigenvalue weighted by Gasteiger charge is 2.04. The number of aromatic nitrogens is 3. The molecule has 1 aromatic heterocycles. The Morgan fingerprint density at radius 2 is 1.54 bits per heavy atom. The highest BCUT2D eigenvalue weighted by atomic mass is 16.6. The van der Waals surface area contributed by atoms with Gasteiger partial charge >= 0.3 is 0 Å². The van der Waals surface area contributed by atoms with Crippen molar-refractivity contribution in [1.82, 2.24) is 20.3 Å². The van der Waals surface area contributed by atoms with Crippen molar-refractivity contribution in [2.24, 2.45) is 5.92 Å². The average Bonchev–Trinajstić information content (AvgIpc) is 3.10. The molecule has 0 saturated heterocycles. The Labute approximate surface area is 168 Å². The second kappa shape index (κ2) is 15.4. The van der Waals surface area contributed by atoms with E-state index in [0.717, 1.165) is 5.69 Å². The molecule has 0 fully saturated rings. The van der Waals surface area contributed by atoms with Crippen molar-refractivity contribution >= 4 is 5.91 Å². The van der Waals surface area contributed by atoms with Gasteiger partial charge in [0.15, 0.2) is 0 Å². The van der Waals surface area contributed by atoms with Crippen molar-refractivity contribution in [2.45, 2.75) is 46.8 Å². The Morgan fingerprint density at radius 3 is 2.07 bits per heavy atom. The van der Waals surface area contributed by atoms with Crippen LogP contribution in [0.4, 0.5) is 0 Å². The van der Waals surface area contributed by atoms with Crippen LogP contribution in [0.15, 0.2) is 6.20 Å². The largest absolute Gasteiger partial charge is 0.377 e. The number of hydrogen-bond donors (Lipinski definition) is 1. The molecule has 0 aliphatic rings. The summed E-state index contributed by atoms with van der Waals surface area (Å²) in [6.07, 6.45) is 2.44. The lowest BCUT2D eigenvalue weighted by Gasteiger charge is -2.08. The second-order valence-electron chi connectivity index (χ2n) is 7.12. The van der Waals surface area contributed by atoms with Gasteiger partial charge in [-0.2, -0.15) is 0 Å². The van der Waals surface area contributed by atoms with Crippen LogP contribution < -0.4 is 5.32 Å². The summed E-state index contributed by atoms with van der Waals surface area (Å²) in [5, 5.41) is 10.9. The fourth-order valence-electron chi connectivity index (χ4n) is 2.17. The summed E-state index contributed by atoms with van der Waals surface area (Å²) in [4.78, 5) is 11.4. The third-order valence-electron chi connectivity index (χ3n) is 3.62. The van der Waals surface area contributed by atoms with Crippen LogP contribution in [0, 0.1) is 5.92 Å². The molecule has 0 radical (unpaired) electrons. The molecule has 9 heteroatoms. The molecule has 0 bridgehead atoms. The standard InChI is InChI=1S/C19H36N4O5/c1-16(2)13-19(24)20-5-6-25-7-8-26-9-10-27-11-12-28-15-18-14-23(17(3)4)22-21-18/h14,16-17H,5-13,15H2,1-4H3,(H,20,24). The van der Waals surface area contributed by atoms with Crippen LogP contribution in [0.1, 0.15) is 45.9 Å². The molecule has 28 heavy (non-hydrogen) atoms. The van der Waals surface area contributed by atoms with Crippen LogP contribution in [-0.4, -0.2) is 73.7 Å². The van der Waals surface area contributed by atoms with Gasteiger partial charge in [0.25, 0.3) is 0 Å². The molecule has 1 amide bonds. The van der Waals surface area contributed by atoms with Gasteiger partial charge in [0.2, 0.25) is 5.91 Å². The van der Waals surface area contributed by atoms with Gasteiger partial charge in [-0.1, -0.05) is 19.1 Å². The first-order valence-corrected chi connectivity index (χ1v) is 9.97. The predicted octanol–water partition coefficient (Wildman–Crippen LogP) is 1.59. The molecule has 0 saturated carbocycles. The van der Waals surface area contributed by atoms with Crippen LogP contribution in [0.5, 0.6) is 0 Å². The average molecular weight is 401 g/mol. The van der Waals surface area contributed by atoms with Crippen LogP contribution in [0.3, 0.4) is 0 Å². The molecule has 0 unspecified atom stereocenters. The van der Waals surface area contributed by atoms with Crippen molar-refractivity contribution in [2.75, 3.05) is 52.8 Å². The number of ether oxygens (including phenoxy) is 4. The molecule has 0 aromatic carbocycles. The number of carbonyl (C=O) groups excluding carboxylic acids is 1. The number of hydrogen-bond acceptors (Lipinski definition) is 7. The van der Waals surface area contributed by atoms with E-state index in [1.165, 1.54) is 0 Å². The number of carbonyl (C=O) groups is 1. The maximum Gasteiger partial charge on any atom is 0.220 e. The van der Waals surface area contributed by atoms with E-state index in [4.69, 9.17) is 18.9 Å².